The number of carbonyl (C=O) groups excluding carboxylic acids is 1. The number of nitrogens with one attached hydrogen (secondary N) is 1. The number of anilines is 1. The Hall–Kier alpha value is -2.54. The minimum absolute atomic E-state index is 0.133. The van der Waals surface area contributed by atoms with Crippen molar-refractivity contribution in [3.05, 3.63) is 69.6 Å². The molecule has 1 amide bonds. The van der Waals surface area contributed by atoms with Crippen molar-refractivity contribution in [1.29, 1.82) is 0 Å². The molecular formula is C24H27N3O2S. The van der Waals surface area contributed by atoms with Crippen LogP contribution in [0.25, 0.3) is 11.3 Å². The molecule has 1 fully saturated rings. The first-order valence-corrected chi connectivity index (χ1v) is 11.1. The second-order valence-corrected chi connectivity index (χ2v) is 8.71. The van der Waals surface area contributed by atoms with Crippen molar-refractivity contribution in [2.75, 3.05) is 31.6 Å². The molecule has 0 aliphatic carbocycles. The second-order valence-electron chi connectivity index (χ2n) is 7.85. The van der Waals surface area contributed by atoms with Gasteiger partial charge in [0.15, 0.2) is 5.13 Å². The van der Waals surface area contributed by atoms with Crippen LogP contribution in [0.2, 0.25) is 0 Å². The topological polar surface area (TPSA) is 54.5 Å². The lowest BCUT2D eigenvalue weighted by Crippen LogP contribution is -2.35. The van der Waals surface area contributed by atoms with Crippen molar-refractivity contribution in [2.45, 2.75) is 27.3 Å². The first-order valence-electron chi connectivity index (χ1n) is 10.2. The summed E-state index contributed by atoms with van der Waals surface area (Å²) >= 11 is 1.45. The minimum Gasteiger partial charge on any atom is -0.379 e. The molecule has 5 nitrogen and oxygen atoms in total. The Balaban J connectivity index is 1.42. The molecule has 0 spiro atoms. The maximum atomic E-state index is 12.7. The molecule has 1 aliphatic heterocycles. The molecular weight excluding hydrogens is 394 g/mol. The van der Waals surface area contributed by atoms with Crippen LogP contribution in [0, 0.1) is 20.8 Å². The summed E-state index contributed by atoms with van der Waals surface area (Å²) in [6, 6.07) is 12.1. The van der Waals surface area contributed by atoms with Gasteiger partial charge in [0.25, 0.3) is 5.91 Å². The molecule has 156 valence electrons. The Morgan fingerprint density at radius 2 is 1.77 bits per heavy atom. The largest absolute Gasteiger partial charge is 0.379 e. The van der Waals surface area contributed by atoms with Crippen LogP contribution >= 0.6 is 11.3 Å². The maximum absolute atomic E-state index is 12.7. The van der Waals surface area contributed by atoms with Crippen LogP contribution in [-0.2, 0) is 11.3 Å². The van der Waals surface area contributed by atoms with E-state index in [1.165, 1.54) is 33.6 Å². The third-order valence-corrected chi connectivity index (χ3v) is 6.14. The summed E-state index contributed by atoms with van der Waals surface area (Å²) in [6.45, 7) is 10.7. The fourth-order valence-corrected chi connectivity index (χ4v) is 4.67. The average molecular weight is 422 g/mol. The van der Waals surface area contributed by atoms with Gasteiger partial charge in [-0.05, 0) is 49.6 Å². The molecule has 0 unspecified atom stereocenters. The van der Waals surface area contributed by atoms with E-state index in [0.717, 1.165) is 44.1 Å². The van der Waals surface area contributed by atoms with Crippen LogP contribution in [-0.4, -0.2) is 42.1 Å². The van der Waals surface area contributed by atoms with Gasteiger partial charge in [0, 0.05) is 36.1 Å². The van der Waals surface area contributed by atoms with E-state index in [-0.39, 0.29) is 5.91 Å². The van der Waals surface area contributed by atoms with Crippen LogP contribution in [0.1, 0.15) is 32.6 Å². The number of aryl methyl sites for hydroxylation is 3. The van der Waals surface area contributed by atoms with Crippen LogP contribution < -0.4 is 5.32 Å². The van der Waals surface area contributed by atoms with Crippen molar-refractivity contribution >= 4 is 22.4 Å². The van der Waals surface area contributed by atoms with Crippen LogP contribution in [0.4, 0.5) is 5.13 Å². The summed E-state index contributed by atoms with van der Waals surface area (Å²) in [6.07, 6.45) is 0. The number of morpholine rings is 1. The first-order chi connectivity index (χ1) is 14.5. The number of carbonyl (C=O) groups is 1. The number of ether oxygens (including phenoxy) is 1. The molecule has 30 heavy (non-hydrogen) atoms. The highest BCUT2D eigenvalue weighted by atomic mass is 32.1. The van der Waals surface area contributed by atoms with Gasteiger partial charge in [-0.25, -0.2) is 4.98 Å². The Morgan fingerprint density at radius 3 is 2.43 bits per heavy atom. The predicted octanol–water partition coefficient (Wildman–Crippen LogP) is 4.82. The molecule has 2 aromatic carbocycles. The van der Waals surface area contributed by atoms with Crippen molar-refractivity contribution in [1.82, 2.24) is 9.88 Å². The Kier molecular flexibility index (Phi) is 6.27. The number of aromatic nitrogens is 1. The van der Waals surface area contributed by atoms with E-state index in [2.05, 4.69) is 48.1 Å². The third kappa shape index (κ3) is 4.78. The third-order valence-electron chi connectivity index (χ3n) is 5.38. The number of benzene rings is 2. The minimum atomic E-state index is -0.133. The number of thiazole rings is 1. The van der Waals surface area contributed by atoms with Gasteiger partial charge in [0.1, 0.15) is 0 Å². The van der Waals surface area contributed by atoms with E-state index in [4.69, 9.17) is 4.74 Å². The number of hydrogen-bond acceptors (Lipinski definition) is 5. The zero-order chi connectivity index (χ0) is 21.1. The predicted molar refractivity (Wildman–Crippen MR) is 122 cm³/mol. The quantitative estimate of drug-likeness (QED) is 0.642. The molecule has 1 N–H and O–H groups in total. The van der Waals surface area contributed by atoms with Crippen LogP contribution in [0.5, 0.6) is 0 Å². The molecule has 1 saturated heterocycles. The molecule has 1 aromatic heterocycles. The van der Waals surface area contributed by atoms with Gasteiger partial charge >= 0.3 is 0 Å². The lowest BCUT2D eigenvalue weighted by atomic mass is 9.98. The van der Waals surface area contributed by atoms with Gasteiger partial charge in [0.2, 0.25) is 0 Å². The lowest BCUT2D eigenvalue weighted by molar-refractivity contribution is 0.0342. The molecule has 4 rings (SSSR count). The molecule has 0 radical (unpaired) electrons. The van der Waals surface area contributed by atoms with Crippen LogP contribution in [0.15, 0.2) is 41.8 Å². The number of rotatable bonds is 5. The van der Waals surface area contributed by atoms with Crippen LogP contribution in [0.3, 0.4) is 0 Å². The fraction of sp³-hybridized carbons (Fsp3) is 0.333. The second kappa shape index (κ2) is 9.08. The van der Waals surface area contributed by atoms with Gasteiger partial charge in [-0.2, -0.15) is 0 Å². The summed E-state index contributed by atoms with van der Waals surface area (Å²) in [5.41, 5.74) is 7.54. The maximum Gasteiger partial charge on any atom is 0.257 e. The van der Waals surface area contributed by atoms with E-state index in [1.807, 2.05) is 29.6 Å². The van der Waals surface area contributed by atoms with Gasteiger partial charge in [0.05, 0.1) is 18.9 Å². The standard InChI is InChI=1S/C24H27N3O2S/c1-16-12-17(2)22(18(3)13-16)21-15-30-24(25-21)26-23(28)20-6-4-19(5-7-20)14-27-8-10-29-11-9-27/h4-7,12-13,15H,8-11,14H2,1-3H3,(H,25,26,28). The zero-order valence-corrected chi connectivity index (χ0v) is 18.5. The summed E-state index contributed by atoms with van der Waals surface area (Å²) in [7, 11) is 0. The van der Waals surface area contributed by atoms with E-state index in [1.54, 1.807) is 0 Å². The van der Waals surface area contributed by atoms with Crippen molar-refractivity contribution < 1.29 is 9.53 Å². The summed E-state index contributed by atoms with van der Waals surface area (Å²) in [4.78, 5) is 19.7. The van der Waals surface area contributed by atoms with Crippen molar-refractivity contribution in [2.24, 2.45) is 0 Å². The zero-order valence-electron chi connectivity index (χ0n) is 17.7. The highest BCUT2D eigenvalue weighted by Crippen LogP contribution is 2.31. The summed E-state index contributed by atoms with van der Waals surface area (Å²) in [5, 5.41) is 5.56. The Labute approximate surface area is 181 Å². The highest BCUT2D eigenvalue weighted by Gasteiger charge is 2.14. The molecule has 0 saturated carbocycles. The van der Waals surface area contributed by atoms with Gasteiger partial charge in [-0.15, -0.1) is 11.3 Å². The monoisotopic (exact) mass is 421 g/mol. The Bertz CT molecular complexity index is 1010. The lowest BCUT2D eigenvalue weighted by Gasteiger charge is -2.26. The molecule has 0 bridgehead atoms. The number of amides is 1. The van der Waals surface area contributed by atoms with E-state index in [9.17, 15) is 4.79 Å². The van der Waals surface area contributed by atoms with Gasteiger partial charge < -0.3 is 4.74 Å². The SMILES string of the molecule is Cc1cc(C)c(-c2csc(NC(=O)c3ccc(CN4CCOCC4)cc3)n2)c(C)c1. The summed E-state index contributed by atoms with van der Waals surface area (Å²) in [5.74, 6) is -0.133. The smallest absolute Gasteiger partial charge is 0.257 e. The average Bonchev–Trinajstić information content (AvgIpc) is 3.16. The molecule has 2 heterocycles. The molecule has 0 atom stereocenters. The normalized spacial score (nSPS) is 14.6. The van der Waals surface area contributed by atoms with Crippen molar-refractivity contribution in [3.63, 3.8) is 0 Å². The first kappa shape index (κ1) is 20.7. The van der Waals surface area contributed by atoms with E-state index in [0.29, 0.717) is 10.7 Å². The number of nitrogens with zero attached hydrogens (tertiary/aromatic N) is 2. The van der Waals surface area contributed by atoms with E-state index >= 15 is 0 Å². The Morgan fingerprint density at radius 1 is 1.10 bits per heavy atom. The molecule has 6 heteroatoms. The van der Waals surface area contributed by atoms with Gasteiger partial charge in [-0.1, -0.05) is 29.8 Å². The molecule has 3 aromatic rings. The van der Waals surface area contributed by atoms with Gasteiger partial charge in [-0.3, -0.25) is 15.0 Å². The fourth-order valence-electron chi connectivity index (χ4n) is 3.98. The number of hydrogen-bond donors (Lipinski definition) is 1. The van der Waals surface area contributed by atoms with Crippen molar-refractivity contribution in [3.8, 4) is 11.3 Å². The van der Waals surface area contributed by atoms with E-state index < -0.39 is 0 Å². The molecule has 1 aliphatic rings. The summed E-state index contributed by atoms with van der Waals surface area (Å²) < 4.78 is 5.39. The highest BCUT2D eigenvalue weighted by molar-refractivity contribution is 7.14.